The van der Waals surface area contributed by atoms with Crippen LogP contribution >= 0.6 is 0 Å². The van der Waals surface area contributed by atoms with Gasteiger partial charge in [-0.2, -0.15) is 0 Å². The third-order valence-corrected chi connectivity index (χ3v) is 1.99. The third-order valence-electron chi connectivity index (χ3n) is 1.99. The lowest BCUT2D eigenvalue weighted by atomic mass is 10.0. The lowest BCUT2D eigenvalue weighted by Gasteiger charge is -2.04. The van der Waals surface area contributed by atoms with E-state index in [2.05, 4.69) is 0 Å². The first-order valence-corrected chi connectivity index (χ1v) is 3.96. The van der Waals surface area contributed by atoms with Gasteiger partial charge in [-0.1, -0.05) is 6.92 Å². The summed E-state index contributed by atoms with van der Waals surface area (Å²) in [6.45, 7) is 3.95. The Bertz CT molecular complexity index is 303. The standard InChI is InChI=1S/C10H12O2/c1-3-8-5-9(6-11)10(12)4-7(8)2/h4-6,12H,3H2,1-2H3. The number of carbonyl (C=O) groups excluding carboxylic acids is 1. The van der Waals surface area contributed by atoms with Crippen LogP contribution in [0, 0.1) is 6.92 Å². The average Bonchev–Trinajstić information content (AvgIpc) is 2.05. The van der Waals surface area contributed by atoms with Gasteiger partial charge in [-0.25, -0.2) is 0 Å². The van der Waals surface area contributed by atoms with E-state index in [-0.39, 0.29) is 5.75 Å². The molecule has 0 aliphatic rings. The molecule has 0 bridgehead atoms. The van der Waals surface area contributed by atoms with E-state index in [1.165, 1.54) is 0 Å². The molecule has 0 spiro atoms. The van der Waals surface area contributed by atoms with E-state index in [1.54, 1.807) is 12.1 Å². The topological polar surface area (TPSA) is 37.3 Å². The number of phenolic OH excluding ortho intramolecular Hbond substituents is 1. The monoisotopic (exact) mass is 164 g/mol. The zero-order chi connectivity index (χ0) is 9.14. The van der Waals surface area contributed by atoms with E-state index in [9.17, 15) is 9.90 Å². The maximum Gasteiger partial charge on any atom is 0.153 e. The fourth-order valence-electron chi connectivity index (χ4n) is 1.23. The van der Waals surface area contributed by atoms with Gasteiger partial charge in [0.1, 0.15) is 5.75 Å². The minimum atomic E-state index is 0.0692. The fraction of sp³-hybridized carbons (Fsp3) is 0.300. The van der Waals surface area contributed by atoms with Crippen LogP contribution in [0.1, 0.15) is 28.4 Å². The molecule has 1 rings (SSSR count). The first-order valence-electron chi connectivity index (χ1n) is 3.96. The van der Waals surface area contributed by atoms with Crippen molar-refractivity contribution in [1.82, 2.24) is 0 Å². The first-order chi connectivity index (χ1) is 5.69. The summed E-state index contributed by atoms with van der Waals surface area (Å²) in [5.74, 6) is 0.0692. The van der Waals surface area contributed by atoms with Crippen LogP contribution in [-0.2, 0) is 6.42 Å². The molecule has 0 aromatic heterocycles. The maximum atomic E-state index is 10.4. The van der Waals surface area contributed by atoms with Crippen LogP contribution in [-0.4, -0.2) is 11.4 Å². The predicted octanol–water partition coefficient (Wildman–Crippen LogP) is 2.08. The van der Waals surface area contributed by atoms with Gasteiger partial charge >= 0.3 is 0 Å². The zero-order valence-electron chi connectivity index (χ0n) is 7.29. The van der Waals surface area contributed by atoms with Crippen molar-refractivity contribution in [3.05, 3.63) is 28.8 Å². The van der Waals surface area contributed by atoms with Gasteiger partial charge in [-0.15, -0.1) is 0 Å². The fourth-order valence-corrected chi connectivity index (χ4v) is 1.23. The number of hydrogen-bond donors (Lipinski definition) is 1. The molecule has 0 heterocycles. The van der Waals surface area contributed by atoms with Crippen LogP contribution in [0.15, 0.2) is 12.1 Å². The summed E-state index contributed by atoms with van der Waals surface area (Å²) in [6, 6.07) is 3.36. The molecule has 1 aromatic rings. The van der Waals surface area contributed by atoms with E-state index < -0.39 is 0 Å². The molecule has 0 amide bonds. The molecule has 12 heavy (non-hydrogen) atoms. The largest absolute Gasteiger partial charge is 0.507 e. The van der Waals surface area contributed by atoms with E-state index in [1.807, 2.05) is 13.8 Å². The third kappa shape index (κ3) is 1.47. The van der Waals surface area contributed by atoms with Crippen molar-refractivity contribution in [2.24, 2.45) is 0 Å². The van der Waals surface area contributed by atoms with Crippen LogP contribution in [0.25, 0.3) is 0 Å². The van der Waals surface area contributed by atoms with E-state index >= 15 is 0 Å². The van der Waals surface area contributed by atoms with E-state index in [4.69, 9.17) is 0 Å². The highest BCUT2D eigenvalue weighted by molar-refractivity contribution is 5.79. The molecule has 64 valence electrons. The highest BCUT2D eigenvalue weighted by Crippen LogP contribution is 2.20. The molecule has 0 aliphatic heterocycles. The summed E-state index contributed by atoms with van der Waals surface area (Å²) in [6.07, 6.45) is 1.56. The summed E-state index contributed by atoms with van der Waals surface area (Å²) in [4.78, 5) is 10.4. The second-order valence-electron chi connectivity index (χ2n) is 2.81. The number of rotatable bonds is 2. The molecule has 2 heteroatoms. The van der Waals surface area contributed by atoms with Gasteiger partial charge in [-0.3, -0.25) is 4.79 Å². The van der Waals surface area contributed by atoms with Gasteiger partial charge in [0, 0.05) is 0 Å². The molecule has 1 N–H and O–H groups in total. The highest BCUT2D eigenvalue weighted by atomic mass is 16.3. The number of hydrogen-bond acceptors (Lipinski definition) is 2. The highest BCUT2D eigenvalue weighted by Gasteiger charge is 2.03. The van der Waals surface area contributed by atoms with Crippen LogP contribution in [0.4, 0.5) is 0 Å². The minimum Gasteiger partial charge on any atom is -0.507 e. The van der Waals surface area contributed by atoms with Gasteiger partial charge in [-0.05, 0) is 36.6 Å². The van der Waals surface area contributed by atoms with Crippen molar-refractivity contribution in [3.63, 3.8) is 0 Å². The van der Waals surface area contributed by atoms with Gasteiger partial charge in [0.2, 0.25) is 0 Å². The quantitative estimate of drug-likeness (QED) is 0.679. The summed E-state index contributed by atoms with van der Waals surface area (Å²) in [5.41, 5.74) is 2.51. The molecule has 0 aliphatic carbocycles. The molecule has 2 nitrogen and oxygen atoms in total. The summed E-state index contributed by atoms with van der Waals surface area (Å²) >= 11 is 0. The summed E-state index contributed by atoms with van der Waals surface area (Å²) < 4.78 is 0. The molecular weight excluding hydrogens is 152 g/mol. The van der Waals surface area contributed by atoms with Crippen molar-refractivity contribution in [2.45, 2.75) is 20.3 Å². The minimum absolute atomic E-state index is 0.0692. The van der Waals surface area contributed by atoms with Gasteiger partial charge in [0.15, 0.2) is 6.29 Å². The number of aromatic hydroxyl groups is 1. The Morgan fingerprint density at radius 1 is 1.50 bits per heavy atom. The first kappa shape index (κ1) is 8.78. The number of phenols is 1. The number of benzene rings is 1. The maximum absolute atomic E-state index is 10.4. The molecular formula is C10H12O2. The van der Waals surface area contributed by atoms with Crippen molar-refractivity contribution >= 4 is 6.29 Å². The number of aryl methyl sites for hydroxylation is 2. The number of carbonyl (C=O) groups is 1. The Morgan fingerprint density at radius 2 is 2.17 bits per heavy atom. The molecule has 0 saturated heterocycles. The van der Waals surface area contributed by atoms with Crippen LogP contribution in [0.2, 0.25) is 0 Å². The molecule has 0 atom stereocenters. The summed E-state index contributed by atoms with van der Waals surface area (Å²) in [7, 11) is 0. The lowest BCUT2D eigenvalue weighted by molar-refractivity contribution is 0.112. The second kappa shape index (κ2) is 3.39. The van der Waals surface area contributed by atoms with Crippen molar-refractivity contribution in [3.8, 4) is 5.75 Å². The Morgan fingerprint density at radius 3 is 2.67 bits per heavy atom. The molecule has 0 unspecified atom stereocenters. The Balaban J connectivity index is 3.26. The van der Waals surface area contributed by atoms with E-state index in [0.29, 0.717) is 11.8 Å². The Labute approximate surface area is 71.8 Å². The molecule has 0 saturated carbocycles. The predicted molar refractivity (Wildman–Crippen MR) is 47.6 cm³/mol. The lowest BCUT2D eigenvalue weighted by Crippen LogP contribution is -1.90. The second-order valence-corrected chi connectivity index (χ2v) is 2.81. The van der Waals surface area contributed by atoms with Gasteiger partial charge < -0.3 is 5.11 Å². The molecule has 0 fully saturated rings. The van der Waals surface area contributed by atoms with Gasteiger partial charge in [0.05, 0.1) is 5.56 Å². The molecule has 0 radical (unpaired) electrons. The van der Waals surface area contributed by atoms with Crippen LogP contribution in [0.3, 0.4) is 0 Å². The van der Waals surface area contributed by atoms with Crippen LogP contribution < -0.4 is 0 Å². The SMILES string of the molecule is CCc1cc(C=O)c(O)cc1C. The van der Waals surface area contributed by atoms with Crippen molar-refractivity contribution in [1.29, 1.82) is 0 Å². The zero-order valence-corrected chi connectivity index (χ0v) is 7.29. The van der Waals surface area contributed by atoms with E-state index in [0.717, 1.165) is 17.5 Å². The smallest absolute Gasteiger partial charge is 0.153 e. The van der Waals surface area contributed by atoms with Crippen LogP contribution in [0.5, 0.6) is 5.75 Å². The Hall–Kier alpha value is -1.31. The normalized spacial score (nSPS) is 9.83. The molecule has 1 aromatic carbocycles. The van der Waals surface area contributed by atoms with Gasteiger partial charge in [0.25, 0.3) is 0 Å². The van der Waals surface area contributed by atoms with Crippen molar-refractivity contribution < 1.29 is 9.90 Å². The average molecular weight is 164 g/mol. The number of aldehydes is 1. The Kier molecular flexibility index (Phi) is 2.48. The van der Waals surface area contributed by atoms with Crippen molar-refractivity contribution in [2.75, 3.05) is 0 Å². The summed E-state index contributed by atoms with van der Waals surface area (Å²) in [5, 5.41) is 9.28.